The molecule has 0 fully saturated rings. The molecule has 0 spiro atoms. The molecule has 0 saturated heterocycles. The molecule has 5 nitrogen and oxygen atoms in total. The minimum atomic E-state index is -5.65. The van der Waals surface area contributed by atoms with Crippen molar-refractivity contribution in [2.75, 3.05) is 0 Å². The van der Waals surface area contributed by atoms with Gasteiger partial charge in [-0.05, 0) is 30.3 Å². The van der Waals surface area contributed by atoms with E-state index < -0.39 is 34.7 Å². The highest BCUT2D eigenvalue weighted by Crippen LogP contribution is 2.53. The van der Waals surface area contributed by atoms with Gasteiger partial charge in [-0.1, -0.05) is 30.4 Å². The van der Waals surface area contributed by atoms with Crippen LogP contribution in [0.15, 0.2) is 72.8 Å². The smallest absolute Gasteiger partial charge is 0.401 e. The molecule has 32 heavy (non-hydrogen) atoms. The topological polar surface area (TPSA) is 72.6 Å². The first-order valence-corrected chi connectivity index (χ1v) is 9.07. The van der Waals surface area contributed by atoms with E-state index >= 15 is 0 Å². The normalized spacial score (nSPS) is 21.0. The van der Waals surface area contributed by atoms with Gasteiger partial charge in [-0.25, -0.2) is 0 Å². The number of rotatable bonds is 5. The summed E-state index contributed by atoms with van der Waals surface area (Å²) < 4.78 is 87.7. The number of nitrogens with zero attached hydrogens (tertiary/aromatic N) is 1. The van der Waals surface area contributed by atoms with Crippen molar-refractivity contribution < 1.29 is 41.1 Å². The summed E-state index contributed by atoms with van der Waals surface area (Å²) in [4.78, 5) is 10.1. The molecule has 2 aromatic rings. The lowest BCUT2D eigenvalue weighted by atomic mass is 9.71. The van der Waals surface area contributed by atoms with Gasteiger partial charge in [-0.2, -0.15) is 26.3 Å². The van der Waals surface area contributed by atoms with Crippen LogP contribution >= 0.6 is 0 Å². The lowest BCUT2D eigenvalue weighted by Gasteiger charge is -2.43. The van der Waals surface area contributed by atoms with Crippen LogP contribution in [0.3, 0.4) is 0 Å². The highest BCUT2D eigenvalue weighted by molar-refractivity contribution is 5.42. The van der Waals surface area contributed by atoms with Crippen molar-refractivity contribution in [1.29, 1.82) is 0 Å². The van der Waals surface area contributed by atoms with Crippen molar-refractivity contribution in [3.05, 3.63) is 88.5 Å². The van der Waals surface area contributed by atoms with Crippen molar-refractivity contribution in [3.8, 4) is 11.5 Å². The molecule has 0 bridgehead atoms. The molecular weight excluding hydrogens is 444 g/mol. The summed E-state index contributed by atoms with van der Waals surface area (Å²) in [6, 6.07) is 8.72. The second kappa shape index (κ2) is 8.21. The summed E-state index contributed by atoms with van der Waals surface area (Å²) in [5.74, 6) is -6.48. The fourth-order valence-electron chi connectivity index (χ4n) is 3.59. The Hall–Kier alpha value is -3.50. The Morgan fingerprint density at radius 3 is 2.00 bits per heavy atom. The average molecular weight is 459 g/mol. The van der Waals surface area contributed by atoms with E-state index in [0.717, 1.165) is 66.8 Å². The minimum Gasteiger partial charge on any atom is -0.508 e. The molecule has 170 valence electrons. The van der Waals surface area contributed by atoms with Gasteiger partial charge < -0.3 is 9.84 Å². The zero-order valence-corrected chi connectivity index (χ0v) is 16.0. The Labute approximate surface area is 177 Å². The summed E-state index contributed by atoms with van der Waals surface area (Å²) in [7, 11) is 0. The SMILES string of the molecule is O=[N+]([O-])c1ccc(OC2(c3ccc(O)cc3)C=CC=CC2C(C(F)(F)F)C(F)(F)F)cc1. The third kappa shape index (κ3) is 4.56. The van der Waals surface area contributed by atoms with Gasteiger partial charge in [0.15, 0.2) is 11.5 Å². The fourth-order valence-corrected chi connectivity index (χ4v) is 3.59. The summed E-state index contributed by atoms with van der Waals surface area (Å²) in [5.41, 5.74) is -2.71. The molecule has 3 rings (SSSR count). The number of nitro benzene ring substituents is 1. The second-order valence-corrected chi connectivity index (χ2v) is 7.02. The van der Waals surface area contributed by atoms with Crippen LogP contribution in [0, 0.1) is 22.0 Å². The fraction of sp³-hybridized carbons (Fsp3) is 0.238. The first-order valence-electron chi connectivity index (χ1n) is 9.07. The Morgan fingerprint density at radius 2 is 1.50 bits per heavy atom. The monoisotopic (exact) mass is 459 g/mol. The number of nitro groups is 1. The Kier molecular flexibility index (Phi) is 5.94. The van der Waals surface area contributed by atoms with Crippen molar-refractivity contribution in [1.82, 2.24) is 0 Å². The van der Waals surface area contributed by atoms with Gasteiger partial charge in [0, 0.05) is 23.6 Å². The maximum atomic E-state index is 13.7. The van der Waals surface area contributed by atoms with Gasteiger partial charge in [-0.3, -0.25) is 10.1 Å². The molecule has 2 aromatic carbocycles. The molecule has 0 amide bonds. The van der Waals surface area contributed by atoms with Gasteiger partial charge in [0.1, 0.15) is 11.5 Å². The quantitative estimate of drug-likeness (QED) is 0.335. The lowest BCUT2D eigenvalue weighted by Crippen LogP contribution is -2.52. The van der Waals surface area contributed by atoms with Crippen molar-refractivity contribution >= 4 is 5.69 Å². The van der Waals surface area contributed by atoms with Crippen molar-refractivity contribution in [2.24, 2.45) is 11.8 Å². The number of aromatic hydroxyl groups is 1. The Bertz CT molecular complexity index is 1010. The first kappa shape index (κ1) is 23.2. The maximum absolute atomic E-state index is 13.7. The second-order valence-electron chi connectivity index (χ2n) is 7.02. The standard InChI is InChI=1S/C21H15F6NO4/c22-20(23,24)18(21(25,26)27)17-3-1-2-12-19(17,13-4-8-15(29)9-5-13)32-16-10-6-14(7-11-16)28(30)31/h1-12,17-18,29H. The number of halogens is 6. The van der Waals surface area contributed by atoms with Crippen LogP contribution in [-0.4, -0.2) is 22.4 Å². The van der Waals surface area contributed by atoms with Gasteiger partial charge in [-0.15, -0.1) is 0 Å². The van der Waals surface area contributed by atoms with E-state index in [2.05, 4.69) is 0 Å². The van der Waals surface area contributed by atoms with E-state index in [1.165, 1.54) is 6.08 Å². The Balaban J connectivity index is 2.19. The maximum Gasteiger partial charge on any atom is 0.401 e. The number of ether oxygens (including phenoxy) is 1. The highest BCUT2D eigenvalue weighted by Gasteiger charge is 2.64. The molecule has 1 N–H and O–H groups in total. The molecule has 11 heteroatoms. The number of non-ortho nitro benzene ring substituents is 1. The highest BCUT2D eigenvalue weighted by atomic mass is 19.4. The zero-order chi connectivity index (χ0) is 23.7. The van der Waals surface area contributed by atoms with Crippen LogP contribution in [0.25, 0.3) is 0 Å². The van der Waals surface area contributed by atoms with Gasteiger partial charge in [0.05, 0.1) is 4.92 Å². The molecule has 0 aromatic heterocycles. The predicted molar refractivity (Wildman–Crippen MR) is 101 cm³/mol. The van der Waals surface area contributed by atoms with E-state index in [0.29, 0.717) is 0 Å². The number of phenols is 1. The van der Waals surface area contributed by atoms with E-state index in [4.69, 9.17) is 4.74 Å². The summed E-state index contributed by atoms with van der Waals surface area (Å²) in [5, 5.41) is 20.4. The average Bonchev–Trinajstić information content (AvgIpc) is 2.68. The van der Waals surface area contributed by atoms with Crippen LogP contribution in [-0.2, 0) is 5.60 Å². The predicted octanol–water partition coefficient (Wildman–Crippen LogP) is 6.06. The largest absolute Gasteiger partial charge is 0.508 e. The molecule has 0 heterocycles. The van der Waals surface area contributed by atoms with Crippen molar-refractivity contribution in [3.63, 3.8) is 0 Å². The van der Waals surface area contributed by atoms with E-state index in [1.54, 1.807) is 0 Å². The van der Waals surface area contributed by atoms with E-state index in [-0.39, 0.29) is 22.7 Å². The van der Waals surface area contributed by atoms with Crippen LogP contribution in [0.1, 0.15) is 5.56 Å². The van der Waals surface area contributed by atoms with Crippen LogP contribution in [0.5, 0.6) is 11.5 Å². The zero-order valence-electron chi connectivity index (χ0n) is 16.0. The first-order chi connectivity index (χ1) is 14.8. The number of benzene rings is 2. The number of hydrogen-bond donors (Lipinski definition) is 1. The molecule has 0 saturated carbocycles. The molecular formula is C21H15F6NO4. The number of hydrogen-bond acceptors (Lipinski definition) is 4. The molecule has 2 unspecified atom stereocenters. The summed E-state index contributed by atoms with van der Waals surface area (Å²) in [6.45, 7) is 0. The van der Waals surface area contributed by atoms with Crippen LogP contribution in [0.2, 0.25) is 0 Å². The number of alkyl halides is 6. The van der Waals surface area contributed by atoms with E-state index in [9.17, 15) is 41.6 Å². The van der Waals surface area contributed by atoms with Gasteiger partial charge in [0.25, 0.3) is 5.69 Å². The summed E-state index contributed by atoms with van der Waals surface area (Å²) in [6.07, 6.45) is -7.16. The molecule has 0 radical (unpaired) electrons. The van der Waals surface area contributed by atoms with Crippen LogP contribution in [0.4, 0.5) is 32.0 Å². The summed E-state index contributed by atoms with van der Waals surface area (Å²) >= 11 is 0. The molecule has 0 aliphatic heterocycles. The van der Waals surface area contributed by atoms with Gasteiger partial charge >= 0.3 is 12.4 Å². The van der Waals surface area contributed by atoms with E-state index in [1.807, 2.05) is 0 Å². The van der Waals surface area contributed by atoms with Gasteiger partial charge in [0.2, 0.25) is 0 Å². The molecule has 1 aliphatic rings. The third-order valence-corrected chi connectivity index (χ3v) is 4.99. The number of phenolic OH excluding ortho intramolecular Hbond substituents is 1. The molecule has 1 aliphatic carbocycles. The van der Waals surface area contributed by atoms with Crippen LogP contribution < -0.4 is 4.74 Å². The minimum absolute atomic E-state index is 0.0854. The third-order valence-electron chi connectivity index (χ3n) is 4.99. The van der Waals surface area contributed by atoms with Crippen molar-refractivity contribution in [2.45, 2.75) is 18.0 Å². The lowest BCUT2D eigenvalue weighted by molar-refractivity contribution is -0.384. The Morgan fingerprint density at radius 1 is 0.938 bits per heavy atom. The molecule has 2 atom stereocenters. The number of allylic oxidation sites excluding steroid dienone is 2.